The third kappa shape index (κ3) is 1.37. The summed E-state index contributed by atoms with van der Waals surface area (Å²) in [5.41, 5.74) is 8.91. The van der Waals surface area contributed by atoms with E-state index < -0.39 is 0 Å². The summed E-state index contributed by atoms with van der Waals surface area (Å²) in [6, 6.07) is 8.87. The highest BCUT2D eigenvalue weighted by molar-refractivity contribution is 5.37. The lowest BCUT2D eigenvalue weighted by atomic mass is 9.90. The highest BCUT2D eigenvalue weighted by atomic mass is 14.7. The van der Waals surface area contributed by atoms with Gasteiger partial charge in [-0.15, -0.1) is 0 Å². The molecule has 13 heavy (non-hydrogen) atoms. The lowest BCUT2D eigenvalue weighted by Crippen LogP contribution is -2.07. The summed E-state index contributed by atoms with van der Waals surface area (Å²) in [5, 5.41) is 0. The highest BCUT2D eigenvalue weighted by Crippen LogP contribution is 2.42. The second kappa shape index (κ2) is 3.15. The molecule has 1 heteroatoms. The molecule has 1 aliphatic rings. The van der Waals surface area contributed by atoms with Gasteiger partial charge in [0.05, 0.1) is 0 Å². The molecular weight excluding hydrogens is 158 g/mol. The molecule has 0 fully saturated rings. The predicted octanol–water partition coefficient (Wildman–Crippen LogP) is 2.83. The van der Waals surface area contributed by atoms with Gasteiger partial charge in [-0.1, -0.05) is 38.1 Å². The van der Waals surface area contributed by atoms with E-state index in [1.807, 2.05) is 0 Å². The van der Waals surface area contributed by atoms with E-state index in [-0.39, 0.29) is 6.04 Å². The standard InChI is InChI=1S/C12H17N/c1-8(2)11-7-12(13)10-6-4-3-5-9(10)11/h3-6,8,11-12H,7,13H2,1-2H3/t11-,12+/m0/s1. The first kappa shape index (κ1) is 8.76. The van der Waals surface area contributed by atoms with E-state index in [4.69, 9.17) is 5.73 Å². The van der Waals surface area contributed by atoms with Gasteiger partial charge in [-0.25, -0.2) is 0 Å². The number of nitrogens with two attached hydrogens (primary N) is 1. The molecule has 1 aromatic carbocycles. The van der Waals surface area contributed by atoms with Gasteiger partial charge in [0.15, 0.2) is 0 Å². The third-order valence-corrected chi connectivity index (χ3v) is 3.11. The van der Waals surface area contributed by atoms with Crippen molar-refractivity contribution in [2.45, 2.75) is 32.2 Å². The van der Waals surface area contributed by atoms with Gasteiger partial charge in [0.1, 0.15) is 0 Å². The van der Waals surface area contributed by atoms with E-state index >= 15 is 0 Å². The largest absolute Gasteiger partial charge is 0.324 e. The molecule has 0 aromatic heterocycles. The molecule has 0 bridgehead atoms. The van der Waals surface area contributed by atoms with Crippen LogP contribution in [-0.2, 0) is 0 Å². The predicted molar refractivity (Wildman–Crippen MR) is 55.6 cm³/mol. The Hall–Kier alpha value is -0.820. The molecule has 0 amide bonds. The third-order valence-electron chi connectivity index (χ3n) is 3.11. The van der Waals surface area contributed by atoms with Gasteiger partial charge in [0, 0.05) is 6.04 Å². The number of hydrogen-bond donors (Lipinski definition) is 1. The molecule has 2 N–H and O–H groups in total. The monoisotopic (exact) mass is 175 g/mol. The highest BCUT2D eigenvalue weighted by Gasteiger charge is 2.29. The second-order valence-electron chi connectivity index (χ2n) is 4.32. The molecule has 0 spiro atoms. The van der Waals surface area contributed by atoms with Crippen molar-refractivity contribution < 1.29 is 0 Å². The normalized spacial score (nSPS) is 26.5. The molecule has 0 aliphatic heterocycles. The van der Waals surface area contributed by atoms with E-state index in [2.05, 4.69) is 38.1 Å². The fraction of sp³-hybridized carbons (Fsp3) is 0.500. The van der Waals surface area contributed by atoms with Gasteiger partial charge in [0.2, 0.25) is 0 Å². The summed E-state index contributed by atoms with van der Waals surface area (Å²) in [6.45, 7) is 4.55. The molecule has 1 aromatic rings. The molecule has 2 rings (SSSR count). The average molecular weight is 175 g/mol. The van der Waals surface area contributed by atoms with Crippen molar-refractivity contribution >= 4 is 0 Å². The number of fused-ring (bicyclic) bond motifs is 1. The van der Waals surface area contributed by atoms with Crippen molar-refractivity contribution in [3.63, 3.8) is 0 Å². The van der Waals surface area contributed by atoms with Crippen LogP contribution in [0.15, 0.2) is 24.3 Å². The van der Waals surface area contributed by atoms with Crippen molar-refractivity contribution in [2.24, 2.45) is 11.7 Å². The first-order chi connectivity index (χ1) is 6.20. The lowest BCUT2D eigenvalue weighted by molar-refractivity contribution is 0.470. The van der Waals surface area contributed by atoms with E-state index in [1.54, 1.807) is 0 Å². The minimum Gasteiger partial charge on any atom is -0.324 e. The molecule has 0 unspecified atom stereocenters. The van der Waals surface area contributed by atoms with Crippen LogP contribution < -0.4 is 5.73 Å². The smallest absolute Gasteiger partial charge is 0.0303 e. The topological polar surface area (TPSA) is 26.0 Å². The van der Waals surface area contributed by atoms with Crippen LogP contribution in [-0.4, -0.2) is 0 Å². The van der Waals surface area contributed by atoms with Gasteiger partial charge in [-0.3, -0.25) is 0 Å². The summed E-state index contributed by atoms with van der Waals surface area (Å²) in [4.78, 5) is 0. The second-order valence-corrected chi connectivity index (χ2v) is 4.32. The Labute approximate surface area is 80.0 Å². The van der Waals surface area contributed by atoms with Crippen LogP contribution in [0.2, 0.25) is 0 Å². The molecule has 0 radical (unpaired) electrons. The summed E-state index contributed by atoms with van der Waals surface area (Å²) >= 11 is 0. The minimum atomic E-state index is 0.267. The summed E-state index contributed by atoms with van der Waals surface area (Å²) in [5.74, 6) is 1.38. The quantitative estimate of drug-likeness (QED) is 0.697. The van der Waals surface area contributed by atoms with Crippen LogP contribution in [0, 0.1) is 5.92 Å². The maximum absolute atomic E-state index is 6.07. The fourth-order valence-electron chi connectivity index (χ4n) is 2.35. The minimum absolute atomic E-state index is 0.267. The number of benzene rings is 1. The van der Waals surface area contributed by atoms with E-state index in [0.717, 1.165) is 6.42 Å². The SMILES string of the molecule is CC(C)[C@@H]1C[C@@H](N)c2ccccc21. The lowest BCUT2D eigenvalue weighted by Gasteiger charge is -2.15. The maximum atomic E-state index is 6.07. The molecule has 2 atom stereocenters. The number of hydrogen-bond acceptors (Lipinski definition) is 1. The van der Waals surface area contributed by atoms with Gasteiger partial charge >= 0.3 is 0 Å². The molecule has 1 aliphatic carbocycles. The zero-order valence-corrected chi connectivity index (χ0v) is 8.33. The first-order valence-electron chi connectivity index (χ1n) is 5.04. The Morgan fingerprint density at radius 2 is 1.85 bits per heavy atom. The summed E-state index contributed by atoms with van der Waals surface area (Å²) < 4.78 is 0. The van der Waals surface area contributed by atoms with E-state index in [0.29, 0.717) is 11.8 Å². The van der Waals surface area contributed by atoms with Gasteiger partial charge in [-0.2, -0.15) is 0 Å². The van der Waals surface area contributed by atoms with Crippen molar-refractivity contribution in [3.8, 4) is 0 Å². The van der Waals surface area contributed by atoms with Crippen molar-refractivity contribution in [3.05, 3.63) is 35.4 Å². The maximum Gasteiger partial charge on any atom is 0.0303 e. The van der Waals surface area contributed by atoms with Crippen LogP contribution in [0.3, 0.4) is 0 Å². The van der Waals surface area contributed by atoms with Gasteiger partial charge in [0.25, 0.3) is 0 Å². The van der Waals surface area contributed by atoms with Crippen LogP contribution in [0.5, 0.6) is 0 Å². The molecule has 0 saturated carbocycles. The molecule has 0 heterocycles. The van der Waals surface area contributed by atoms with E-state index in [9.17, 15) is 0 Å². The molecular formula is C12H17N. The molecule has 0 saturated heterocycles. The van der Waals surface area contributed by atoms with Crippen LogP contribution in [0.25, 0.3) is 0 Å². The molecule has 1 nitrogen and oxygen atoms in total. The van der Waals surface area contributed by atoms with Crippen molar-refractivity contribution in [2.75, 3.05) is 0 Å². The summed E-state index contributed by atoms with van der Waals surface area (Å²) in [6.07, 6.45) is 1.12. The number of rotatable bonds is 1. The van der Waals surface area contributed by atoms with Gasteiger partial charge < -0.3 is 5.73 Å². The Morgan fingerprint density at radius 1 is 1.23 bits per heavy atom. The first-order valence-corrected chi connectivity index (χ1v) is 5.04. The van der Waals surface area contributed by atoms with Crippen molar-refractivity contribution in [1.29, 1.82) is 0 Å². The zero-order valence-electron chi connectivity index (χ0n) is 8.33. The van der Waals surface area contributed by atoms with Crippen molar-refractivity contribution in [1.82, 2.24) is 0 Å². The van der Waals surface area contributed by atoms with E-state index in [1.165, 1.54) is 11.1 Å². The Balaban J connectivity index is 2.41. The van der Waals surface area contributed by atoms with Gasteiger partial charge in [-0.05, 0) is 29.4 Å². The van der Waals surface area contributed by atoms with Crippen LogP contribution in [0.4, 0.5) is 0 Å². The average Bonchev–Trinajstić information content (AvgIpc) is 2.45. The Kier molecular flexibility index (Phi) is 2.12. The van der Waals surface area contributed by atoms with Crippen LogP contribution in [0.1, 0.15) is 43.4 Å². The Morgan fingerprint density at radius 3 is 2.46 bits per heavy atom. The van der Waals surface area contributed by atoms with Crippen LogP contribution >= 0.6 is 0 Å². The Bertz CT molecular complexity index is 304. The zero-order chi connectivity index (χ0) is 9.42. The molecule has 70 valence electrons. The fourth-order valence-corrected chi connectivity index (χ4v) is 2.35. The summed E-state index contributed by atoms with van der Waals surface area (Å²) in [7, 11) is 0.